The van der Waals surface area contributed by atoms with Crippen LogP contribution in [0.5, 0.6) is 11.6 Å². The van der Waals surface area contributed by atoms with E-state index in [-0.39, 0.29) is 6.10 Å². The molecule has 6 heteroatoms. The Balaban J connectivity index is 2.02. The van der Waals surface area contributed by atoms with Gasteiger partial charge in [0.1, 0.15) is 11.9 Å². The first-order valence-corrected chi connectivity index (χ1v) is 7.52. The van der Waals surface area contributed by atoms with E-state index in [4.69, 9.17) is 9.47 Å². The van der Waals surface area contributed by atoms with Crippen LogP contribution in [0.4, 0.5) is 0 Å². The van der Waals surface area contributed by atoms with Crippen molar-refractivity contribution >= 4 is 15.9 Å². The molecule has 0 saturated heterocycles. The summed E-state index contributed by atoms with van der Waals surface area (Å²) < 4.78 is 14.1. The van der Waals surface area contributed by atoms with Crippen LogP contribution in [0, 0.1) is 6.92 Å². The van der Waals surface area contributed by atoms with Crippen molar-refractivity contribution < 1.29 is 14.6 Å². The van der Waals surface area contributed by atoms with Gasteiger partial charge >= 0.3 is 0 Å². The van der Waals surface area contributed by atoms with Gasteiger partial charge in [0.2, 0.25) is 5.88 Å². The molecule has 0 radical (unpaired) electrons. The first kappa shape index (κ1) is 14.4. The van der Waals surface area contributed by atoms with Crippen molar-refractivity contribution in [1.29, 1.82) is 0 Å². The third-order valence-corrected chi connectivity index (χ3v) is 4.26. The molecule has 1 aromatic carbocycles. The van der Waals surface area contributed by atoms with Crippen LogP contribution in [0.25, 0.3) is 0 Å². The summed E-state index contributed by atoms with van der Waals surface area (Å²) in [6.45, 7) is 1.92. The van der Waals surface area contributed by atoms with E-state index in [1.54, 1.807) is 11.8 Å². The minimum absolute atomic E-state index is 0.266. The number of hydrogen-bond donors (Lipinski definition) is 1. The number of fused-ring (bicyclic) bond motifs is 1. The molecule has 0 saturated carbocycles. The smallest absolute Gasteiger partial charge is 0.218 e. The summed E-state index contributed by atoms with van der Waals surface area (Å²) in [6, 6.07) is 5.66. The third kappa shape index (κ3) is 2.42. The first-order chi connectivity index (χ1) is 10.0. The summed E-state index contributed by atoms with van der Waals surface area (Å²) in [6.07, 6.45) is -0.357. The van der Waals surface area contributed by atoms with Gasteiger partial charge in [0, 0.05) is 23.5 Å². The second kappa shape index (κ2) is 5.35. The topological polar surface area (TPSA) is 56.5 Å². The molecule has 112 valence electrons. The van der Waals surface area contributed by atoms with Gasteiger partial charge in [-0.2, -0.15) is 5.10 Å². The van der Waals surface area contributed by atoms with Crippen LogP contribution in [-0.2, 0) is 7.05 Å². The number of methoxy groups -OCH3 is 1. The maximum Gasteiger partial charge on any atom is 0.218 e. The van der Waals surface area contributed by atoms with E-state index < -0.39 is 6.10 Å². The monoisotopic (exact) mass is 352 g/mol. The molecule has 1 aliphatic heterocycles. The van der Waals surface area contributed by atoms with Crippen LogP contribution < -0.4 is 9.47 Å². The van der Waals surface area contributed by atoms with E-state index in [9.17, 15) is 5.11 Å². The number of aliphatic hydroxyl groups is 1. The van der Waals surface area contributed by atoms with Crippen LogP contribution >= 0.6 is 15.9 Å². The highest BCUT2D eigenvalue weighted by Gasteiger charge is 2.33. The Morgan fingerprint density at radius 3 is 2.95 bits per heavy atom. The van der Waals surface area contributed by atoms with Gasteiger partial charge in [-0.25, -0.2) is 4.68 Å². The summed E-state index contributed by atoms with van der Waals surface area (Å²) >= 11 is 3.42. The maximum atomic E-state index is 10.4. The Labute approximate surface area is 131 Å². The van der Waals surface area contributed by atoms with Crippen LogP contribution in [0.1, 0.15) is 35.4 Å². The molecular weight excluding hydrogens is 336 g/mol. The van der Waals surface area contributed by atoms with Crippen molar-refractivity contribution in [1.82, 2.24) is 9.78 Å². The van der Waals surface area contributed by atoms with Crippen LogP contribution in [0.15, 0.2) is 22.7 Å². The molecule has 0 bridgehead atoms. The summed E-state index contributed by atoms with van der Waals surface area (Å²) in [7, 11) is 3.45. The average Bonchev–Trinajstić information content (AvgIpc) is 2.73. The summed E-state index contributed by atoms with van der Waals surface area (Å²) in [4.78, 5) is 0. The van der Waals surface area contributed by atoms with Crippen molar-refractivity contribution in [2.75, 3.05) is 7.11 Å². The lowest BCUT2D eigenvalue weighted by Crippen LogP contribution is -2.20. The fourth-order valence-electron chi connectivity index (χ4n) is 2.86. The van der Waals surface area contributed by atoms with E-state index in [0.717, 1.165) is 21.3 Å². The zero-order valence-electron chi connectivity index (χ0n) is 12.1. The Kier molecular flexibility index (Phi) is 3.67. The van der Waals surface area contributed by atoms with Gasteiger partial charge < -0.3 is 14.6 Å². The van der Waals surface area contributed by atoms with Gasteiger partial charge in [-0.3, -0.25) is 0 Å². The number of aryl methyl sites for hydroxylation is 2. The number of halogens is 1. The molecule has 1 unspecified atom stereocenters. The van der Waals surface area contributed by atoms with Crippen molar-refractivity contribution in [3.05, 3.63) is 39.5 Å². The molecule has 0 spiro atoms. The number of ether oxygens (including phenoxy) is 2. The molecule has 1 N–H and O–H groups in total. The first-order valence-electron chi connectivity index (χ1n) is 6.73. The van der Waals surface area contributed by atoms with E-state index in [2.05, 4.69) is 21.0 Å². The molecule has 0 fully saturated rings. The zero-order valence-corrected chi connectivity index (χ0v) is 13.7. The lowest BCUT2D eigenvalue weighted by molar-refractivity contribution is 0.0640. The van der Waals surface area contributed by atoms with E-state index in [0.29, 0.717) is 18.1 Å². The number of nitrogens with zero attached hydrogens (tertiary/aromatic N) is 2. The van der Waals surface area contributed by atoms with Gasteiger partial charge in [-0.15, -0.1) is 0 Å². The van der Waals surface area contributed by atoms with E-state index in [1.165, 1.54) is 0 Å². The molecule has 0 amide bonds. The number of aliphatic hydroxyl groups excluding tert-OH is 1. The normalized spacial score (nSPS) is 20.8. The summed E-state index contributed by atoms with van der Waals surface area (Å²) in [5.41, 5.74) is 2.56. The van der Waals surface area contributed by atoms with Gasteiger partial charge in [-0.1, -0.05) is 15.9 Å². The minimum atomic E-state index is -0.569. The predicted octanol–water partition coefficient (Wildman–Crippen LogP) is 3.06. The molecule has 2 heterocycles. The molecule has 1 aliphatic rings. The molecular formula is C15H17BrN2O3. The zero-order chi connectivity index (χ0) is 15.1. The third-order valence-electron chi connectivity index (χ3n) is 3.77. The fraction of sp³-hybridized carbons (Fsp3) is 0.400. The maximum absolute atomic E-state index is 10.4. The SMILES string of the molecule is COc1c(C2C[C@@H](O)c3cc(Br)ccc3O2)c(C)nn1C. The molecule has 0 aliphatic carbocycles. The summed E-state index contributed by atoms with van der Waals surface area (Å²) in [5.74, 6) is 1.37. The number of rotatable bonds is 2. The predicted molar refractivity (Wildman–Crippen MR) is 81.6 cm³/mol. The van der Waals surface area contributed by atoms with E-state index >= 15 is 0 Å². The quantitative estimate of drug-likeness (QED) is 0.902. The van der Waals surface area contributed by atoms with Crippen LogP contribution in [0.3, 0.4) is 0 Å². The van der Waals surface area contributed by atoms with Crippen molar-refractivity contribution in [2.45, 2.75) is 25.6 Å². The Morgan fingerprint density at radius 2 is 2.24 bits per heavy atom. The fourth-order valence-corrected chi connectivity index (χ4v) is 3.24. The molecule has 3 rings (SSSR count). The van der Waals surface area contributed by atoms with Crippen LogP contribution in [0.2, 0.25) is 0 Å². The van der Waals surface area contributed by atoms with Crippen molar-refractivity contribution in [2.24, 2.45) is 7.05 Å². The van der Waals surface area contributed by atoms with Crippen molar-refractivity contribution in [3.8, 4) is 11.6 Å². The lowest BCUT2D eigenvalue weighted by atomic mass is 9.95. The van der Waals surface area contributed by atoms with Gasteiger partial charge in [-0.05, 0) is 25.1 Å². The number of hydrogen-bond acceptors (Lipinski definition) is 4. The van der Waals surface area contributed by atoms with Gasteiger partial charge in [0.25, 0.3) is 0 Å². The molecule has 2 aromatic rings. The highest BCUT2D eigenvalue weighted by atomic mass is 79.9. The Morgan fingerprint density at radius 1 is 1.48 bits per heavy atom. The Bertz CT molecular complexity index is 684. The van der Waals surface area contributed by atoms with Gasteiger partial charge in [0.05, 0.1) is 24.5 Å². The van der Waals surface area contributed by atoms with Crippen LogP contribution in [-0.4, -0.2) is 22.0 Å². The van der Waals surface area contributed by atoms with Gasteiger partial charge in [0.15, 0.2) is 0 Å². The lowest BCUT2D eigenvalue weighted by Gasteiger charge is -2.30. The highest BCUT2D eigenvalue weighted by Crippen LogP contribution is 2.44. The highest BCUT2D eigenvalue weighted by molar-refractivity contribution is 9.10. The largest absolute Gasteiger partial charge is 0.485 e. The number of benzene rings is 1. The van der Waals surface area contributed by atoms with E-state index in [1.807, 2.05) is 32.2 Å². The van der Waals surface area contributed by atoms with Crippen molar-refractivity contribution in [3.63, 3.8) is 0 Å². The molecule has 21 heavy (non-hydrogen) atoms. The molecule has 1 aromatic heterocycles. The standard InChI is InChI=1S/C15H17BrN2O3/c1-8-14(15(20-3)18(2)17-8)13-7-11(19)10-6-9(16)4-5-12(10)21-13/h4-6,11,13,19H,7H2,1-3H3/t11-,13?/m1/s1. The average molecular weight is 353 g/mol. The summed E-state index contributed by atoms with van der Waals surface area (Å²) in [5, 5.41) is 14.8. The second-order valence-corrected chi connectivity index (χ2v) is 6.09. The Hall–Kier alpha value is -1.53. The molecule has 2 atom stereocenters. The number of aromatic nitrogens is 2. The minimum Gasteiger partial charge on any atom is -0.485 e. The second-order valence-electron chi connectivity index (χ2n) is 5.17. The molecule has 5 nitrogen and oxygen atoms in total.